The Bertz CT molecular complexity index is 2440. The van der Waals surface area contributed by atoms with Gasteiger partial charge in [-0.3, -0.25) is 8.97 Å². The van der Waals surface area contributed by atoms with Crippen LogP contribution in [0.5, 0.6) is 0 Å². The number of rotatable bonds is 4. The van der Waals surface area contributed by atoms with Gasteiger partial charge in [0, 0.05) is 16.3 Å². The van der Waals surface area contributed by atoms with Crippen molar-refractivity contribution >= 4 is 50.6 Å². The van der Waals surface area contributed by atoms with E-state index in [1.807, 2.05) is 0 Å². The van der Waals surface area contributed by atoms with Crippen molar-refractivity contribution in [2.45, 2.75) is 19.3 Å². The Labute approximate surface area is 261 Å². The van der Waals surface area contributed by atoms with Crippen LogP contribution in [0, 0.1) is 0 Å². The Kier molecular flexibility index (Phi) is 5.98. The van der Waals surface area contributed by atoms with Crippen LogP contribution in [-0.4, -0.2) is 18.9 Å². The lowest BCUT2D eigenvalue weighted by Gasteiger charge is -2.13. The molecule has 0 unspecified atom stereocenters. The van der Waals surface area contributed by atoms with Gasteiger partial charge in [-0.2, -0.15) is 0 Å². The van der Waals surface area contributed by atoms with Gasteiger partial charge in [-0.05, 0) is 90.1 Å². The molecule has 2 aliphatic carbocycles. The number of aromatic nitrogens is 4. The van der Waals surface area contributed by atoms with E-state index in [1.54, 1.807) is 0 Å². The van der Waals surface area contributed by atoms with Crippen LogP contribution in [0.2, 0.25) is 0 Å². The molecule has 0 amide bonds. The summed E-state index contributed by atoms with van der Waals surface area (Å²) >= 11 is 0. The van der Waals surface area contributed by atoms with Crippen LogP contribution in [0.15, 0.2) is 145 Å². The Morgan fingerprint density at radius 2 is 1.51 bits per heavy atom. The minimum atomic E-state index is 0.845. The molecule has 2 aliphatic rings. The van der Waals surface area contributed by atoms with Gasteiger partial charge in [0.15, 0.2) is 0 Å². The highest BCUT2D eigenvalue weighted by Crippen LogP contribution is 2.38. The van der Waals surface area contributed by atoms with E-state index in [2.05, 4.69) is 155 Å². The molecule has 214 valence electrons. The number of imidazole rings is 1. The zero-order valence-corrected chi connectivity index (χ0v) is 24.8. The van der Waals surface area contributed by atoms with E-state index in [1.165, 1.54) is 33.2 Å². The van der Waals surface area contributed by atoms with Crippen molar-refractivity contribution in [2.75, 3.05) is 0 Å². The van der Waals surface area contributed by atoms with Gasteiger partial charge in [-0.25, -0.2) is 9.97 Å². The topological polar surface area (TPSA) is 35.1 Å². The van der Waals surface area contributed by atoms with Gasteiger partial charge in [0.2, 0.25) is 5.95 Å². The summed E-state index contributed by atoms with van der Waals surface area (Å²) < 4.78 is 4.58. The molecule has 4 aromatic carbocycles. The number of hydrogen-bond acceptors (Lipinski definition) is 2. The Morgan fingerprint density at radius 1 is 0.667 bits per heavy atom. The summed E-state index contributed by atoms with van der Waals surface area (Å²) in [5.74, 6) is 0.845. The molecule has 4 heteroatoms. The van der Waals surface area contributed by atoms with E-state index < -0.39 is 0 Å². The van der Waals surface area contributed by atoms with Gasteiger partial charge in [0.05, 0.1) is 27.8 Å². The van der Waals surface area contributed by atoms with Crippen LogP contribution < -0.4 is 0 Å². The molecule has 0 radical (unpaired) electrons. The first kappa shape index (κ1) is 25.7. The zero-order chi connectivity index (χ0) is 29.7. The molecule has 0 atom stereocenters. The molecule has 0 N–H and O–H groups in total. The number of benzene rings is 4. The molecule has 7 aromatic rings. The molecule has 0 saturated heterocycles. The Morgan fingerprint density at radius 3 is 2.44 bits per heavy atom. The van der Waals surface area contributed by atoms with Gasteiger partial charge in [0.25, 0.3) is 0 Å². The quantitative estimate of drug-likeness (QED) is 0.208. The number of allylic oxidation sites excluding steroid dienone is 8. The fraction of sp³-hybridized carbons (Fsp3) is 0.0732. The minimum absolute atomic E-state index is 0.845. The molecule has 0 bridgehead atoms. The lowest BCUT2D eigenvalue weighted by Crippen LogP contribution is -2.08. The summed E-state index contributed by atoms with van der Waals surface area (Å²) in [5, 5.41) is 2.27. The molecular formula is C41H30N4. The van der Waals surface area contributed by atoms with E-state index in [4.69, 9.17) is 9.97 Å². The predicted molar refractivity (Wildman–Crippen MR) is 187 cm³/mol. The third-order valence-corrected chi connectivity index (χ3v) is 8.97. The summed E-state index contributed by atoms with van der Waals surface area (Å²) in [6, 6.07) is 34.3. The molecule has 0 aliphatic heterocycles. The van der Waals surface area contributed by atoms with Crippen molar-refractivity contribution in [3.05, 3.63) is 167 Å². The van der Waals surface area contributed by atoms with Crippen molar-refractivity contribution in [1.82, 2.24) is 18.9 Å². The summed E-state index contributed by atoms with van der Waals surface area (Å²) in [6.07, 6.45) is 20.8. The molecular weight excluding hydrogens is 548 g/mol. The predicted octanol–water partition coefficient (Wildman–Crippen LogP) is 9.81. The molecule has 3 aromatic heterocycles. The highest BCUT2D eigenvalue weighted by Gasteiger charge is 2.23. The molecule has 3 heterocycles. The van der Waals surface area contributed by atoms with E-state index in [-0.39, 0.29) is 0 Å². The van der Waals surface area contributed by atoms with Gasteiger partial charge in [-0.1, -0.05) is 97.1 Å². The molecule has 0 saturated carbocycles. The second-order valence-corrected chi connectivity index (χ2v) is 11.8. The summed E-state index contributed by atoms with van der Waals surface area (Å²) in [4.78, 5) is 10.5. The third kappa shape index (κ3) is 4.29. The van der Waals surface area contributed by atoms with Gasteiger partial charge in [0.1, 0.15) is 5.65 Å². The average molecular weight is 579 g/mol. The first-order valence-corrected chi connectivity index (χ1v) is 15.6. The van der Waals surface area contributed by atoms with E-state index >= 15 is 0 Å². The summed E-state index contributed by atoms with van der Waals surface area (Å²) in [6.45, 7) is 0. The fourth-order valence-electron chi connectivity index (χ4n) is 6.86. The van der Waals surface area contributed by atoms with Crippen LogP contribution in [0.1, 0.15) is 35.2 Å². The number of para-hydroxylation sites is 3. The van der Waals surface area contributed by atoms with Crippen molar-refractivity contribution in [2.24, 2.45) is 0 Å². The number of nitrogens with zero attached hydrogens (tertiary/aromatic N) is 4. The lowest BCUT2D eigenvalue weighted by atomic mass is 9.98. The molecule has 0 spiro atoms. The average Bonchev–Trinajstić information content (AvgIpc) is 3.33. The summed E-state index contributed by atoms with van der Waals surface area (Å²) in [5.41, 5.74) is 12.5. The van der Waals surface area contributed by atoms with Crippen LogP contribution >= 0.6 is 0 Å². The first-order chi connectivity index (χ1) is 22.3. The number of hydrogen-bond donors (Lipinski definition) is 0. The van der Waals surface area contributed by atoms with Crippen molar-refractivity contribution in [3.63, 3.8) is 0 Å². The van der Waals surface area contributed by atoms with Crippen molar-refractivity contribution in [1.29, 1.82) is 0 Å². The van der Waals surface area contributed by atoms with Crippen LogP contribution in [-0.2, 0) is 6.42 Å². The maximum absolute atomic E-state index is 5.37. The maximum atomic E-state index is 5.37. The minimum Gasteiger partial charge on any atom is -0.279 e. The molecule has 9 rings (SSSR count). The first-order valence-electron chi connectivity index (χ1n) is 15.6. The highest BCUT2D eigenvalue weighted by atomic mass is 15.2. The summed E-state index contributed by atoms with van der Waals surface area (Å²) in [7, 11) is 0. The van der Waals surface area contributed by atoms with E-state index in [9.17, 15) is 0 Å². The number of fused-ring (bicyclic) bond motifs is 8. The Hall–Kier alpha value is -5.74. The highest BCUT2D eigenvalue weighted by molar-refractivity contribution is 6.00. The maximum Gasteiger partial charge on any atom is 0.221 e. The van der Waals surface area contributed by atoms with Gasteiger partial charge in [-0.15, -0.1) is 0 Å². The third-order valence-electron chi connectivity index (χ3n) is 8.97. The van der Waals surface area contributed by atoms with Crippen molar-refractivity contribution in [3.8, 4) is 5.95 Å². The van der Waals surface area contributed by atoms with Gasteiger partial charge < -0.3 is 0 Å². The van der Waals surface area contributed by atoms with Crippen LogP contribution in [0.4, 0.5) is 0 Å². The van der Waals surface area contributed by atoms with Crippen LogP contribution in [0.25, 0.3) is 56.6 Å². The normalized spacial score (nSPS) is 14.6. The van der Waals surface area contributed by atoms with Gasteiger partial charge >= 0.3 is 0 Å². The monoisotopic (exact) mass is 578 g/mol. The molecule has 0 fully saturated rings. The lowest BCUT2D eigenvalue weighted by molar-refractivity contribution is 0.944. The van der Waals surface area contributed by atoms with E-state index in [0.29, 0.717) is 0 Å². The fourth-order valence-corrected chi connectivity index (χ4v) is 6.86. The van der Waals surface area contributed by atoms with E-state index in [0.717, 1.165) is 64.0 Å². The Balaban J connectivity index is 1.37. The second-order valence-electron chi connectivity index (χ2n) is 11.8. The van der Waals surface area contributed by atoms with Crippen molar-refractivity contribution < 1.29 is 0 Å². The zero-order valence-electron chi connectivity index (χ0n) is 24.8. The SMILES string of the molecule is C1=CCC=CC(C2=Cc3c(n(-c4nc5ccccc5c5nc6ccccc6n45)c4ccc(Cc5ccccc5)cc34)C=CC2)=C1. The van der Waals surface area contributed by atoms with Crippen LogP contribution in [0.3, 0.4) is 0 Å². The standard InChI is InChI=1S/C41H30N4/c1-2-7-16-30(15-6-1)31-17-12-22-37-34(27-31)33-26-29(25-28-13-4-3-5-14-28)23-24-38(33)44(37)41-43-35-19-9-8-18-32(35)40-42-36-20-10-11-21-39(36)45(40)41/h1,3-16,18-24,26-27H,2,17,25H2. The molecule has 4 nitrogen and oxygen atoms in total. The molecule has 45 heavy (non-hydrogen) atoms. The second kappa shape index (κ2) is 10.5. The largest absolute Gasteiger partial charge is 0.279 e. The smallest absolute Gasteiger partial charge is 0.221 e.